The lowest BCUT2D eigenvalue weighted by Crippen LogP contribution is -2.51. The van der Waals surface area contributed by atoms with Gasteiger partial charge in [-0.3, -0.25) is 14.7 Å². The maximum Gasteiger partial charge on any atom is 0.240 e. The first kappa shape index (κ1) is 17.1. The summed E-state index contributed by atoms with van der Waals surface area (Å²) in [5.74, 6) is 1.63. The molecule has 2 aromatic rings. The second-order valence-electron chi connectivity index (χ2n) is 7.58. The van der Waals surface area contributed by atoms with Crippen LogP contribution in [0.15, 0.2) is 28.9 Å². The van der Waals surface area contributed by atoms with Crippen molar-refractivity contribution >= 4 is 5.91 Å². The number of carbonyl (C=O) groups is 1. The third-order valence-electron chi connectivity index (χ3n) is 5.67. The van der Waals surface area contributed by atoms with Crippen molar-refractivity contribution in [2.45, 2.75) is 45.7 Å². The highest BCUT2D eigenvalue weighted by Gasteiger charge is 2.41. The van der Waals surface area contributed by atoms with Crippen LogP contribution in [0.5, 0.6) is 0 Å². The van der Waals surface area contributed by atoms with Crippen molar-refractivity contribution in [2.75, 3.05) is 19.6 Å². The van der Waals surface area contributed by atoms with Crippen molar-refractivity contribution in [1.29, 1.82) is 0 Å². The fraction of sp³-hybridized carbons (Fsp3) is 0.579. The van der Waals surface area contributed by atoms with Gasteiger partial charge in [-0.1, -0.05) is 11.2 Å². The average Bonchev–Trinajstić information content (AvgIpc) is 3.06. The number of rotatable bonds is 4. The third-order valence-corrected chi connectivity index (χ3v) is 5.67. The second kappa shape index (κ2) is 7.15. The molecule has 0 bridgehead atoms. The molecular weight excluding hydrogens is 330 g/mol. The highest BCUT2D eigenvalue weighted by Crippen LogP contribution is 2.40. The van der Waals surface area contributed by atoms with Crippen molar-refractivity contribution in [3.63, 3.8) is 0 Å². The van der Waals surface area contributed by atoms with Gasteiger partial charge in [0.05, 0.1) is 18.8 Å². The van der Waals surface area contributed by atoms with Gasteiger partial charge in [-0.2, -0.15) is 4.98 Å². The molecule has 2 aliphatic heterocycles. The molecule has 2 aromatic heterocycles. The Kier molecular flexibility index (Phi) is 4.72. The molecule has 7 heteroatoms. The van der Waals surface area contributed by atoms with Gasteiger partial charge in [-0.25, -0.2) is 0 Å². The van der Waals surface area contributed by atoms with Crippen molar-refractivity contribution in [1.82, 2.24) is 24.9 Å². The van der Waals surface area contributed by atoms with Gasteiger partial charge in [0.1, 0.15) is 0 Å². The monoisotopic (exact) mass is 355 g/mol. The van der Waals surface area contributed by atoms with E-state index < -0.39 is 0 Å². The van der Waals surface area contributed by atoms with Crippen molar-refractivity contribution in [3.8, 4) is 0 Å². The Hall–Kier alpha value is -2.28. The first-order valence-corrected chi connectivity index (χ1v) is 9.31. The topological polar surface area (TPSA) is 75.4 Å². The number of likely N-dealkylation sites (tertiary alicyclic amines) is 2. The molecule has 0 aliphatic carbocycles. The van der Waals surface area contributed by atoms with Gasteiger partial charge in [-0.15, -0.1) is 0 Å². The van der Waals surface area contributed by atoms with E-state index in [4.69, 9.17) is 4.52 Å². The Balaban J connectivity index is 1.36. The fourth-order valence-corrected chi connectivity index (χ4v) is 4.12. The summed E-state index contributed by atoms with van der Waals surface area (Å²) >= 11 is 0. The fourth-order valence-electron chi connectivity index (χ4n) is 4.12. The standard InChI is InChI=1S/C19H25N5O2/c1-15-21-17(26-22-15)13-23-10-7-19(8-11-23)6-5-18(25)24(14-19)12-16-4-2-3-9-20-16/h2-4,9H,5-8,10-14H2,1H3. The number of nitrogens with zero attached hydrogens (tertiary/aromatic N) is 5. The van der Waals surface area contributed by atoms with Gasteiger partial charge in [0.25, 0.3) is 0 Å². The zero-order valence-electron chi connectivity index (χ0n) is 15.2. The second-order valence-corrected chi connectivity index (χ2v) is 7.58. The lowest BCUT2D eigenvalue weighted by molar-refractivity contribution is -0.140. The normalized spacial score (nSPS) is 20.7. The minimum absolute atomic E-state index is 0.240. The molecule has 4 heterocycles. The van der Waals surface area contributed by atoms with E-state index in [-0.39, 0.29) is 11.3 Å². The first-order valence-electron chi connectivity index (χ1n) is 9.31. The average molecular weight is 355 g/mol. The molecule has 2 saturated heterocycles. The molecule has 0 N–H and O–H groups in total. The van der Waals surface area contributed by atoms with Crippen molar-refractivity contribution < 1.29 is 9.32 Å². The van der Waals surface area contributed by atoms with E-state index in [1.165, 1.54) is 0 Å². The summed E-state index contributed by atoms with van der Waals surface area (Å²) in [4.78, 5) is 25.4. The van der Waals surface area contributed by atoms with E-state index in [1.807, 2.05) is 30.0 Å². The molecule has 1 amide bonds. The molecule has 0 atom stereocenters. The molecule has 1 spiro atoms. The summed E-state index contributed by atoms with van der Waals surface area (Å²) < 4.78 is 5.24. The molecule has 7 nitrogen and oxygen atoms in total. The van der Waals surface area contributed by atoms with Crippen LogP contribution < -0.4 is 0 Å². The molecule has 0 saturated carbocycles. The lowest BCUT2D eigenvalue weighted by Gasteiger charge is -2.47. The van der Waals surface area contributed by atoms with Crippen LogP contribution in [-0.2, 0) is 17.9 Å². The summed E-state index contributed by atoms with van der Waals surface area (Å²) in [5.41, 5.74) is 1.20. The molecule has 2 aliphatic rings. The minimum atomic E-state index is 0.240. The number of aryl methyl sites for hydroxylation is 1. The maximum atomic E-state index is 12.4. The summed E-state index contributed by atoms with van der Waals surface area (Å²) in [5, 5.41) is 3.86. The van der Waals surface area contributed by atoms with Crippen LogP contribution in [0.4, 0.5) is 0 Å². The summed E-state index contributed by atoms with van der Waals surface area (Å²) in [6.07, 6.45) is 5.64. The van der Waals surface area contributed by atoms with E-state index >= 15 is 0 Å². The van der Waals surface area contributed by atoms with Crippen LogP contribution in [0.25, 0.3) is 0 Å². The first-order chi connectivity index (χ1) is 12.6. The van der Waals surface area contributed by atoms with Crippen LogP contribution in [0, 0.1) is 12.3 Å². The van der Waals surface area contributed by atoms with Crippen molar-refractivity contribution in [3.05, 3.63) is 41.8 Å². The van der Waals surface area contributed by atoms with Crippen LogP contribution in [0.3, 0.4) is 0 Å². The number of amides is 1. The van der Waals surface area contributed by atoms with Gasteiger partial charge in [0, 0.05) is 19.2 Å². The van der Waals surface area contributed by atoms with Crippen LogP contribution in [0.2, 0.25) is 0 Å². The van der Waals surface area contributed by atoms with Gasteiger partial charge in [0.2, 0.25) is 11.8 Å². The lowest BCUT2D eigenvalue weighted by atomic mass is 9.72. The van der Waals surface area contributed by atoms with Crippen LogP contribution >= 0.6 is 0 Å². The Morgan fingerprint density at radius 3 is 2.73 bits per heavy atom. The highest BCUT2D eigenvalue weighted by atomic mass is 16.5. The Bertz CT molecular complexity index is 752. The quantitative estimate of drug-likeness (QED) is 0.837. The molecule has 4 rings (SSSR count). The van der Waals surface area contributed by atoms with Gasteiger partial charge in [0.15, 0.2) is 5.82 Å². The zero-order chi connectivity index (χ0) is 18.0. The maximum absolute atomic E-state index is 12.4. The number of piperidine rings is 2. The van der Waals surface area contributed by atoms with Crippen LogP contribution in [0.1, 0.15) is 43.1 Å². The van der Waals surface area contributed by atoms with Gasteiger partial charge >= 0.3 is 0 Å². The van der Waals surface area contributed by atoms with E-state index in [9.17, 15) is 4.79 Å². The molecule has 138 valence electrons. The number of pyridine rings is 1. The van der Waals surface area contributed by atoms with Crippen molar-refractivity contribution in [2.24, 2.45) is 5.41 Å². The Morgan fingerprint density at radius 2 is 2.04 bits per heavy atom. The SMILES string of the molecule is Cc1noc(CN2CCC3(CCC(=O)N(Cc4ccccn4)C3)CC2)n1. The largest absolute Gasteiger partial charge is 0.338 e. The minimum Gasteiger partial charge on any atom is -0.338 e. The number of hydrogen-bond acceptors (Lipinski definition) is 6. The van der Waals surface area contributed by atoms with Gasteiger partial charge < -0.3 is 9.42 Å². The zero-order valence-corrected chi connectivity index (χ0v) is 15.2. The Labute approximate surface area is 153 Å². The highest BCUT2D eigenvalue weighted by molar-refractivity contribution is 5.77. The molecule has 0 radical (unpaired) electrons. The summed E-state index contributed by atoms with van der Waals surface area (Å²) in [6.45, 7) is 6.03. The van der Waals surface area contributed by atoms with Crippen LogP contribution in [-0.4, -0.2) is 50.5 Å². The number of carbonyl (C=O) groups excluding carboxylic acids is 1. The summed E-state index contributed by atoms with van der Waals surface area (Å²) in [7, 11) is 0. The van der Waals surface area contributed by atoms with Gasteiger partial charge in [-0.05, 0) is 56.8 Å². The van der Waals surface area contributed by atoms with E-state index in [1.54, 1.807) is 6.20 Å². The molecule has 2 fully saturated rings. The predicted octanol–water partition coefficient (Wildman–Crippen LogP) is 2.18. The smallest absolute Gasteiger partial charge is 0.240 e. The molecular formula is C19H25N5O2. The molecule has 0 aromatic carbocycles. The molecule has 0 unspecified atom stereocenters. The predicted molar refractivity (Wildman–Crippen MR) is 94.9 cm³/mol. The molecule has 26 heavy (non-hydrogen) atoms. The number of hydrogen-bond donors (Lipinski definition) is 0. The Morgan fingerprint density at radius 1 is 1.19 bits per heavy atom. The third kappa shape index (κ3) is 3.77. The summed E-state index contributed by atoms with van der Waals surface area (Å²) in [6, 6.07) is 5.87. The van der Waals surface area contributed by atoms with E-state index in [0.717, 1.165) is 44.6 Å². The number of aromatic nitrogens is 3. The van der Waals surface area contributed by atoms with E-state index in [2.05, 4.69) is 20.0 Å². The van der Waals surface area contributed by atoms with E-state index in [0.29, 0.717) is 31.2 Å².